The Hall–Kier alpha value is -2.78. The fourth-order valence-electron chi connectivity index (χ4n) is 4.76. The molecule has 1 unspecified atom stereocenters. The SMILES string of the molecule is COc1cc(C2=NN3C(C2)c2ccccc2OC32CCN(S(C)(=O)=O)CC2)ccc1O. The highest BCUT2D eigenvalue weighted by molar-refractivity contribution is 7.88. The first-order valence-electron chi connectivity index (χ1n) is 10.3. The van der Waals surface area contributed by atoms with Gasteiger partial charge in [-0.3, -0.25) is 0 Å². The molecule has 9 heteroatoms. The molecule has 0 radical (unpaired) electrons. The Balaban J connectivity index is 1.54. The molecule has 5 rings (SSSR count). The minimum atomic E-state index is -3.24. The number of methoxy groups -OCH3 is 1. The number of benzene rings is 2. The number of piperidine rings is 1. The van der Waals surface area contributed by atoms with E-state index in [1.165, 1.54) is 17.7 Å². The van der Waals surface area contributed by atoms with E-state index >= 15 is 0 Å². The number of nitrogens with zero attached hydrogens (tertiary/aromatic N) is 3. The van der Waals surface area contributed by atoms with Crippen molar-refractivity contribution >= 4 is 15.7 Å². The summed E-state index contributed by atoms with van der Waals surface area (Å²) in [6.07, 6.45) is 2.99. The van der Waals surface area contributed by atoms with Crippen molar-refractivity contribution in [2.45, 2.75) is 31.0 Å². The van der Waals surface area contributed by atoms with Gasteiger partial charge in [0.1, 0.15) is 5.75 Å². The van der Waals surface area contributed by atoms with Crippen LogP contribution in [0.1, 0.15) is 36.4 Å². The minimum Gasteiger partial charge on any atom is -0.504 e. The van der Waals surface area contributed by atoms with Crippen LogP contribution in [0.5, 0.6) is 17.2 Å². The van der Waals surface area contributed by atoms with E-state index in [0.29, 0.717) is 38.1 Å². The van der Waals surface area contributed by atoms with Crippen molar-refractivity contribution in [1.82, 2.24) is 9.31 Å². The molecule has 1 fully saturated rings. The lowest BCUT2D eigenvalue weighted by Crippen LogP contribution is -2.59. The van der Waals surface area contributed by atoms with Crippen LogP contribution in [0.15, 0.2) is 47.6 Å². The third-order valence-corrected chi connectivity index (χ3v) is 7.69. The number of fused-ring (bicyclic) bond motifs is 4. The lowest BCUT2D eigenvalue weighted by atomic mass is 9.91. The monoisotopic (exact) mass is 443 g/mol. The zero-order valence-corrected chi connectivity index (χ0v) is 18.3. The molecular weight excluding hydrogens is 418 g/mol. The van der Waals surface area contributed by atoms with E-state index in [1.54, 1.807) is 12.1 Å². The van der Waals surface area contributed by atoms with E-state index in [2.05, 4.69) is 6.07 Å². The number of hydrogen-bond donors (Lipinski definition) is 1. The lowest BCUT2D eigenvalue weighted by Gasteiger charge is -2.50. The molecule has 3 heterocycles. The van der Waals surface area contributed by atoms with Crippen LogP contribution in [0, 0.1) is 0 Å². The van der Waals surface area contributed by atoms with Crippen LogP contribution in [-0.2, 0) is 10.0 Å². The van der Waals surface area contributed by atoms with E-state index in [1.807, 2.05) is 29.3 Å². The van der Waals surface area contributed by atoms with Crippen molar-refractivity contribution in [2.24, 2.45) is 5.10 Å². The molecule has 164 valence electrons. The summed E-state index contributed by atoms with van der Waals surface area (Å²) < 4.78 is 37.3. The van der Waals surface area contributed by atoms with Gasteiger partial charge < -0.3 is 14.6 Å². The molecule has 1 atom stereocenters. The van der Waals surface area contributed by atoms with Gasteiger partial charge in [0.15, 0.2) is 11.5 Å². The average Bonchev–Trinajstić information content (AvgIpc) is 3.21. The van der Waals surface area contributed by atoms with Gasteiger partial charge in [-0.15, -0.1) is 0 Å². The van der Waals surface area contributed by atoms with Crippen LogP contribution < -0.4 is 9.47 Å². The number of ether oxygens (including phenoxy) is 2. The molecule has 2 aromatic carbocycles. The van der Waals surface area contributed by atoms with Crippen molar-refractivity contribution in [3.8, 4) is 17.2 Å². The van der Waals surface area contributed by atoms with Gasteiger partial charge in [0, 0.05) is 43.5 Å². The van der Waals surface area contributed by atoms with Crippen LogP contribution >= 0.6 is 0 Å². The summed E-state index contributed by atoms with van der Waals surface area (Å²) in [5.41, 5.74) is 2.14. The van der Waals surface area contributed by atoms with Crippen LogP contribution in [0.2, 0.25) is 0 Å². The Morgan fingerprint density at radius 1 is 1.19 bits per heavy atom. The van der Waals surface area contributed by atoms with E-state index < -0.39 is 15.7 Å². The summed E-state index contributed by atoms with van der Waals surface area (Å²) in [6.45, 7) is 0.782. The lowest BCUT2D eigenvalue weighted by molar-refractivity contribution is -0.143. The van der Waals surface area contributed by atoms with Gasteiger partial charge in [-0.05, 0) is 24.3 Å². The van der Waals surface area contributed by atoms with E-state index in [4.69, 9.17) is 14.6 Å². The van der Waals surface area contributed by atoms with Gasteiger partial charge in [-0.1, -0.05) is 18.2 Å². The minimum absolute atomic E-state index is 0.00420. The van der Waals surface area contributed by atoms with Crippen molar-refractivity contribution in [2.75, 3.05) is 26.5 Å². The quantitative estimate of drug-likeness (QED) is 0.784. The fraction of sp³-hybridized carbons (Fsp3) is 0.409. The highest BCUT2D eigenvalue weighted by atomic mass is 32.2. The van der Waals surface area contributed by atoms with Crippen molar-refractivity contribution in [3.05, 3.63) is 53.6 Å². The number of sulfonamides is 1. The Morgan fingerprint density at radius 3 is 2.65 bits per heavy atom. The second kappa shape index (κ2) is 7.13. The summed E-state index contributed by atoms with van der Waals surface area (Å²) in [6, 6.07) is 13.2. The Kier molecular flexibility index (Phi) is 4.63. The Morgan fingerprint density at radius 2 is 1.94 bits per heavy atom. The van der Waals surface area contributed by atoms with Crippen LogP contribution in [0.25, 0.3) is 0 Å². The molecule has 0 amide bonds. The maximum absolute atomic E-state index is 12.0. The van der Waals surface area contributed by atoms with Crippen molar-refractivity contribution in [3.63, 3.8) is 0 Å². The molecule has 8 nitrogen and oxygen atoms in total. The number of hydrazone groups is 1. The molecule has 1 N–H and O–H groups in total. The highest BCUT2D eigenvalue weighted by Crippen LogP contribution is 2.50. The van der Waals surface area contributed by atoms with Gasteiger partial charge in [0.25, 0.3) is 0 Å². The first-order valence-corrected chi connectivity index (χ1v) is 12.1. The molecule has 31 heavy (non-hydrogen) atoms. The number of aromatic hydroxyl groups is 1. The average molecular weight is 444 g/mol. The Bertz CT molecular complexity index is 1160. The number of hydrogen-bond acceptors (Lipinski definition) is 7. The first-order chi connectivity index (χ1) is 14.8. The van der Waals surface area contributed by atoms with Gasteiger partial charge in [0.05, 0.1) is 25.1 Å². The Labute approximate surface area is 181 Å². The maximum Gasteiger partial charge on any atom is 0.211 e. The van der Waals surface area contributed by atoms with Crippen molar-refractivity contribution in [1.29, 1.82) is 0 Å². The van der Waals surface area contributed by atoms with E-state index in [9.17, 15) is 13.5 Å². The van der Waals surface area contributed by atoms with Gasteiger partial charge in [-0.2, -0.15) is 5.10 Å². The maximum atomic E-state index is 12.0. The molecule has 1 spiro atoms. The molecule has 0 bridgehead atoms. The summed E-state index contributed by atoms with van der Waals surface area (Å²) >= 11 is 0. The normalized spacial score (nSPS) is 22.5. The standard InChI is InChI=1S/C22H25N3O5S/c1-29-21-13-15(7-8-19(21)26)17-14-18-16-5-3-4-6-20(16)30-22(25(18)23-17)9-11-24(12-10-22)31(2,27)28/h3-8,13,18,26H,9-12,14H2,1-2H3. The number of para-hydroxylation sites is 1. The summed E-state index contributed by atoms with van der Waals surface area (Å²) in [7, 11) is -1.72. The van der Waals surface area contributed by atoms with Crippen LogP contribution in [0.3, 0.4) is 0 Å². The summed E-state index contributed by atoms with van der Waals surface area (Å²) in [4.78, 5) is 0. The molecular formula is C22H25N3O5S. The molecule has 0 saturated carbocycles. The second-order valence-electron chi connectivity index (χ2n) is 8.25. The smallest absolute Gasteiger partial charge is 0.211 e. The topological polar surface area (TPSA) is 91.7 Å². The van der Waals surface area contributed by atoms with Gasteiger partial charge in [0.2, 0.25) is 15.7 Å². The highest BCUT2D eigenvalue weighted by Gasteiger charge is 2.52. The zero-order valence-electron chi connectivity index (χ0n) is 17.5. The van der Waals surface area contributed by atoms with Gasteiger partial charge in [-0.25, -0.2) is 17.7 Å². The number of phenolic OH excluding ortho intramolecular Hbond substituents is 1. The zero-order chi connectivity index (χ0) is 21.8. The third-order valence-electron chi connectivity index (χ3n) is 6.39. The molecule has 0 aromatic heterocycles. The number of rotatable bonds is 3. The fourth-order valence-corrected chi connectivity index (χ4v) is 5.60. The van der Waals surface area contributed by atoms with Gasteiger partial charge >= 0.3 is 0 Å². The molecule has 2 aromatic rings. The predicted octanol–water partition coefficient (Wildman–Crippen LogP) is 2.70. The van der Waals surface area contributed by atoms with Crippen molar-refractivity contribution < 1.29 is 23.0 Å². The molecule has 3 aliphatic rings. The van der Waals surface area contributed by atoms with Crippen LogP contribution in [-0.4, -0.2) is 60.7 Å². The molecule has 3 aliphatic heterocycles. The number of phenols is 1. The van der Waals surface area contributed by atoms with Crippen LogP contribution in [0.4, 0.5) is 0 Å². The predicted molar refractivity (Wildman–Crippen MR) is 116 cm³/mol. The molecule has 1 saturated heterocycles. The third kappa shape index (κ3) is 3.32. The largest absolute Gasteiger partial charge is 0.504 e. The van der Waals surface area contributed by atoms with E-state index in [0.717, 1.165) is 22.6 Å². The summed E-state index contributed by atoms with van der Waals surface area (Å²) in [5.74, 6) is 1.31. The summed E-state index contributed by atoms with van der Waals surface area (Å²) in [5, 5.41) is 17.0. The van der Waals surface area contributed by atoms with E-state index in [-0.39, 0.29) is 11.8 Å². The molecule has 0 aliphatic carbocycles. The second-order valence-corrected chi connectivity index (χ2v) is 10.2. The first kappa shape index (κ1) is 20.1.